The van der Waals surface area contributed by atoms with Gasteiger partial charge in [0, 0.05) is 47.9 Å². The van der Waals surface area contributed by atoms with Crippen LogP contribution in [0.25, 0.3) is 0 Å². The molecule has 0 saturated carbocycles. The third-order valence-electron chi connectivity index (χ3n) is 3.02. The number of hydrogen-bond acceptors (Lipinski definition) is 7. The number of hydrogen-bond donors (Lipinski definition) is 3. The molecule has 25 heavy (non-hydrogen) atoms. The zero-order valence-corrected chi connectivity index (χ0v) is 17.2. The summed E-state index contributed by atoms with van der Waals surface area (Å²) in [6, 6.07) is 8.60. The second-order valence-corrected chi connectivity index (χ2v) is 8.51. The minimum atomic E-state index is -4.40. The monoisotopic (exact) mass is 392 g/mol. The molecule has 0 heterocycles. The Labute approximate surface area is 167 Å². The van der Waals surface area contributed by atoms with E-state index in [9.17, 15) is 21.6 Å². The van der Waals surface area contributed by atoms with Crippen molar-refractivity contribution < 1.29 is 21.6 Å². The number of nitrogens with two attached hydrogens (primary N) is 2. The van der Waals surface area contributed by atoms with E-state index in [4.69, 9.17) is 11.5 Å². The van der Waals surface area contributed by atoms with Crippen molar-refractivity contribution in [2.75, 3.05) is 11.5 Å². The van der Waals surface area contributed by atoms with Gasteiger partial charge in [0.1, 0.15) is 4.90 Å². The molecule has 0 atom stereocenters. The summed E-state index contributed by atoms with van der Waals surface area (Å²) in [6.07, 6.45) is 0. The van der Waals surface area contributed by atoms with Gasteiger partial charge in [-0.15, -0.1) is 0 Å². The second kappa shape index (κ2) is 7.75. The van der Waals surface area contributed by atoms with Gasteiger partial charge in [-0.3, -0.25) is 4.79 Å². The number of sulfone groups is 1. The minimum Gasteiger partial charge on any atom is -0.399 e. The van der Waals surface area contributed by atoms with E-state index in [2.05, 4.69) is 0 Å². The van der Waals surface area contributed by atoms with E-state index >= 15 is 0 Å². The van der Waals surface area contributed by atoms with Gasteiger partial charge in [0.15, 0.2) is 0 Å². The van der Waals surface area contributed by atoms with Gasteiger partial charge in [0.2, 0.25) is 15.7 Å². The number of carbonyl (C=O) groups is 1. The molecule has 11 heteroatoms. The molecule has 8 nitrogen and oxygen atoms in total. The number of nitrogens with one attached hydrogen (secondary N) is 1. The van der Waals surface area contributed by atoms with Crippen LogP contribution >= 0.6 is 0 Å². The largest absolute Gasteiger partial charge is 0.399 e. The Morgan fingerprint density at radius 3 is 1.92 bits per heavy atom. The third-order valence-corrected chi connectivity index (χ3v) is 6.45. The number of benzene rings is 2. The molecule has 2 aromatic rings. The Morgan fingerprint density at radius 1 is 0.880 bits per heavy atom. The summed E-state index contributed by atoms with van der Waals surface area (Å²) in [5.41, 5.74) is 11.5. The van der Waals surface area contributed by atoms with Gasteiger partial charge in [-0.2, -0.15) is 0 Å². The van der Waals surface area contributed by atoms with E-state index in [1.54, 1.807) is 4.72 Å². The molecule has 1 radical (unpaired) electrons. The van der Waals surface area contributed by atoms with Crippen LogP contribution in [0.2, 0.25) is 0 Å². The Morgan fingerprint density at radius 2 is 1.40 bits per heavy atom. The van der Waals surface area contributed by atoms with E-state index in [0.29, 0.717) is 5.69 Å². The van der Waals surface area contributed by atoms with Crippen molar-refractivity contribution in [2.24, 2.45) is 0 Å². The van der Waals surface area contributed by atoms with Crippen molar-refractivity contribution in [2.45, 2.75) is 21.6 Å². The molecule has 5 N–H and O–H groups in total. The first-order valence-electron chi connectivity index (χ1n) is 6.57. The molecule has 0 aliphatic carbocycles. The predicted octanol–water partition coefficient (Wildman–Crippen LogP) is 0.128. The zero-order valence-electron chi connectivity index (χ0n) is 13.6. The van der Waals surface area contributed by atoms with Crippen molar-refractivity contribution in [3.63, 3.8) is 0 Å². The number of nitrogen functional groups attached to an aromatic ring is 2. The summed E-state index contributed by atoms with van der Waals surface area (Å²) in [7, 11) is -8.56. The van der Waals surface area contributed by atoms with Gasteiger partial charge in [-0.25, -0.2) is 21.6 Å². The van der Waals surface area contributed by atoms with Gasteiger partial charge < -0.3 is 11.5 Å². The number of anilines is 2. The molecule has 129 valence electrons. The van der Waals surface area contributed by atoms with Crippen LogP contribution in [-0.2, 0) is 24.7 Å². The van der Waals surface area contributed by atoms with Crippen LogP contribution in [0.1, 0.15) is 6.92 Å². The molecular weight excluding hydrogens is 377 g/mol. The quantitative estimate of drug-likeness (QED) is 0.494. The van der Waals surface area contributed by atoms with E-state index in [-0.39, 0.29) is 40.1 Å². The zero-order chi connectivity index (χ0) is 18.1. The molecule has 2 aromatic carbocycles. The van der Waals surface area contributed by atoms with Crippen LogP contribution in [0.15, 0.2) is 57.2 Å². The van der Waals surface area contributed by atoms with Crippen molar-refractivity contribution in [3.8, 4) is 0 Å². The maximum absolute atomic E-state index is 12.8. The average molecular weight is 392 g/mol. The molecule has 0 saturated heterocycles. The Bertz CT molecular complexity index is 1000. The van der Waals surface area contributed by atoms with Crippen molar-refractivity contribution in [3.05, 3.63) is 42.5 Å². The Hall–Kier alpha value is -1.59. The molecule has 0 unspecified atom stereocenters. The SMILES string of the molecule is CC(=O)NS(=O)(=O)c1cc(N)ccc1S(=O)(=O)c1ccc(N)cc1.[Na]. The van der Waals surface area contributed by atoms with Crippen molar-refractivity contribution in [1.82, 2.24) is 4.72 Å². The van der Waals surface area contributed by atoms with Crippen LogP contribution in [-0.4, -0.2) is 52.3 Å². The Balaban J connectivity index is 0.00000312. The molecule has 2 rings (SSSR count). The summed E-state index contributed by atoms with van der Waals surface area (Å²) in [5, 5.41) is 0. The van der Waals surface area contributed by atoms with Gasteiger partial charge in [-0.1, -0.05) is 0 Å². The van der Waals surface area contributed by atoms with E-state index in [1.165, 1.54) is 30.3 Å². The van der Waals surface area contributed by atoms with Crippen LogP contribution in [0, 0.1) is 0 Å². The van der Waals surface area contributed by atoms with Gasteiger partial charge >= 0.3 is 0 Å². The number of rotatable bonds is 4. The molecule has 1 amide bonds. The maximum Gasteiger partial charge on any atom is 0.265 e. The summed E-state index contributed by atoms with van der Waals surface area (Å²) in [4.78, 5) is 9.87. The fraction of sp³-hybridized carbons (Fsp3) is 0.0714. The van der Waals surface area contributed by atoms with E-state index in [1.807, 2.05) is 0 Å². The molecule has 0 aliphatic rings. The molecule has 0 aromatic heterocycles. The van der Waals surface area contributed by atoms with Crippen molar-refractivity contribution in [1.29, 1.82) is 0 Å². The maximum atomic E-state index is 12.8. The molecule has 0 aliphatic heterocycles. The summed E-state index contributed by atoms with van der Waals surface area (Å²) in [6.45, 7) is 0.998. The van der Waals surface area contributed by atoms with E-state index in [0.717, 1.165) is 19.1 Å². The normalized spacial score (nSPS) is 11.4. The summed E-state index contributed by atoms with van der Waals surface area (Å²) < 4.78 is 51.8. The van der Waals surface area contributed by atoms with E-state index < -0.39 is 35.6 Å². The third kappa shape index (κ3) is 4.73. The first kappa shape index (κ1) is 21.5. The van der Waals surface area contributed by atoms with Gasteiger partial charge in [0.25, 0.3) is 10.0 Å². The molecule has 0 spiro atoms. The topological polar surface area (TPSA) is 149 Å². The molecule has 0 bridgehead atoms. The van der Waals surface area contributed by atoms with Crippen LogP contribution in [0.4, 0.5) is 11.4 Å². The minimum absolute atomic E-state index is 0. The fourth-order valence-electron chi connectivity index (χ4n) is 1.97. The van der Waals surface area contributed by atoms with Crippen molar-refractivity contribution >= 4 is 66.7 Å². The average Bonchev–Trinajstić information content (AvgIpc) is 2.46. The standard InChI is InChI=1S/C14H15N3O5S2.Na/c1-9(18)17-24(21,22)14-8-11(16)4-7-13(14)23(19,20)12-5-2-10(15)3-6-12;/h2-8H,15-16H2,1H3,(H,17,18);. The fourth-order valence-corrected chi connectivity index (χ4v) is 5.06. The summed E-state index contributed by atoms with van der Waals surface area (Å²) >= 11 is 0. The number of carbonyl (C=O) groups excluding carboxylic acids is 1. The smallest absolute Gasteiger partial charge is 0.265 e. The Kier molecular flexibility index (Phi) is 6.65. The second-order valence-electron chi connectivity index (χ2n) is 4.94. The van der Waals surface area contributed by atoms with Crippen LogP contribution in [0.3, 0.4) is 0 Å². The first-order chi connectivity index (χ1) is 11.0. The summed E-state index contributed by atoms with van der Waals surface area (Å²) in [5.74, 6) is -0.853. The predicted molar refractivity (Wildman–Crippen MR) is 93.9 cm³/mol. The number of amides is 1. The van der Waals surface area contributed by atoms with Crippen LogP contribution < -0.4 is 16.2 Å². The molecule has 0 fully saturated rings. The molecular formula is C14H15N3NaO5S2. The first-order valence-corrected chi connectivity index (χ1v) is 9.54. The van der Waals surface area contributed by atoms with Gasteiger partial charge in [0.05, 0.1) is 9.79 Å². The van der Waals surface area contributed by atoms with Crippen LogP contribution in [0.5, 0.6) is 0 Å². The number of sulfonamides is 1. The van der Waals surface area contributed by atoms with Gasteiger partial charge in [-0.05, 0) is 42.5 Å².